The fourth-order valence-corrected chi connectivity index (χ4v) is 3.13. The smallest absolute Gasteiger partial charge is 0.00695 e. The Hall–Kier alpha value is -0.0400. The zero-order valence-corrected chi connectivity index (χ0v) is 11.5. The second-order valence-corrected chi connectivity index (χ2v) is 6.22. The molecule has 0 aromatic heterocycles. The number of unbranched alkanes of at least 4 members (excludes halogenated alkanes) is 1. The van der Waals surface area contributed by atoms with E-state index in [-0.39, 0.29) is 0 Å². The maximum absolute atomic E-state index is 6.29. The summed E-state index contributed by atoms with van der Waals surface area (Å²) in [4.78, 5) is 0. The zero-order chi connectivity index (χ0) is 12.0. The lowest BCUT2D eigenvalue weighted by Crippen LogP contribution is -2.34. The number of hydrogen-bond donors (Lipinski definition) is 1. The Bertz CT molecular complexity index is 168. The molecule has 0 amide bonds. The Balaban J connectivity index is 2.20. The van der Waals surface area contributed by atoms with Gasteiger partial charge in [0, 0.05) is 6.04 Å². The third-order valence-corrected chi connectivity index (χ3v) is 4.21. The van der Waals surface area contributed by atoms with Gasteiger partial charge in [0.15, 0.2) is 0 Å². The molecule has 1 heteroatoms. The number of nitrogens with two attached hydrogens (primary N) is 1. The third-order valence-electron chi connectivity index (χ3n) is 4.21. The SMILES string of the molecule is CCCCC1CCC(C(N)CC(C)C)CC1. The lowest BCUT2D eigenvalue weighted by Gasteiger charge is -2.32. The molecule has 16 heavy (non-hydrogen) atoms. The van der Waals surface area contributed by atoms with Gasteiger partial charge in [-0.15, -0.1) is 0 Å². The molecule has 1 aliphatic carbocycles. The fraction of sp³-hybridized carbons (Fsp3) is 1.00. The topological polar surface area (TPSA) is 26.0 Å². The molecule has 0 aromatic rings. The molecule has 96 valence electrons. The molecule has 1 aliphatic rings. The highest BCUT2D eigenvalue weighted by atomic mass is 14.7. The van der Waals surface area contributed by atoms with Gasteiger partial charge in [-0.3, -0.25) is 0 Å². The van der Waals surface area contributed by atoms with Crippen LogP contribution in [0.3, 0.4) is 0 Å². The lowest BCUT2D eigenvalue weighted by atomic mass is 9.75. The molecular formula is C15H31N. The first-order chi connectivity index (χ1) is 7.63. The van der Waals surface area contributed by atoms with Gasteiger partial charge in [0.25, 0.3) is 0 Å². The van der Waals surface area contributed by atoms with Crippen molar-refractivity contribution in [3.8, 4) is 0 Å². The standard InChI is InChI=1S/C15H31N/c1-4-5-6-13-7-9-14(10-8-13)15(16)11-12(2)3/h12-15H,4-11,16H2,1-3H3. The van der Waals surface area contributed by atoms with Gasteiger partial charge in [-0.1, -0.05) is 52.9 Å². The van der Waals surface area contributed by atoms with Gasteiger partial charge in [-0.25, -0.2) is 0 Å². The van der Waals surface area contributed by atoms with E-state index in [1.807, 2.05) is 0 Å². The van der Waals surface area contributed by atoms with Gasteiger partial charge < -0.3 is 5.73 Å². The molecular weight excluding hydrogens is 194 g/mol. The Morgan fingerprint density at radius 1 is 1.12 bits per heavy atom. The predicted octanol–water partition coefficient (Wildman–Crippen LogP) is 4.36. The zero-order valence-electron chi connectivity index (χ0n) is 11.5. The molecule has 1 unspecified atom stereocenters. The fourth-order valence-electron chi connectivity index (χ4n) is 3.13. The van der Waals surface area contributed by atoms with Crippen LogP contribution in [0.15, 0.2) is 0 Å². The Morgan fingerprint density at radius 3 is 2.25 bits per heavy atom. The number of hydrogen-bond acceptors (Lipinski definition) is 1. The van der Waals surface area contributed by atoms with Crippen molar-refractivity contribution < 1.29 is 0 Å². The third kappa shape index (κ3) is 4.86. The molecule has 0 saturated heterocycles. The Labute approximate surface area is 102 Å². The van der Waals surface area contributed by atoms with E-state index in [1.165, 1.54) is 51.4 Å². The highest BCUT2D eigenvalue weighted by molar-refractivity contribution is 4.80. The molecule has 1 nitrogen and oxygen atoms in total. The summed E-state index contributed by atoms with van der Waals surface area (Å²) in [5.41, 5.74) is 6.29. The van der Waals surface area contributed by atoms with Crippen LogP contribution in [0.4, 0.5) is 0 Å². The molecule has 0 spiro atoms. The van der Waals surface area contributed by atoms with Crippen molar-refractivity contribution in [3.63, 3.8) is 0 Å². The van der Waals surface area contributed by atoms with Crippen molar-refractivity contribution in [2.24, 2.45) is 23.5 Å². The van der Waals surface area contributed by atoms with Crippen LogP contribution in [0.25, 0.3) is 0 Å². The van der Waals surface area contributed by atoms with Crippen LogP contribution < -0.4 is 5.73 Å². The van der Waals surface area contributed by atoms with Crippen molar-refractivity contribution >= 4 is 0 Å². The van der Waals surface area contributed by atoms with Crippen LogP contribution in [0.1, 0.15) is 72.1 Å². The van der Waals surface area contributed by atoms with E-state index in [0.717, 1.165) is 17.8 Å². The summed E-state index contributed by atoms with van der Waals surface area (Å²) in [5.74, 6) is 2.59. The van der Waals surface area contributed by atoms with E-state index < -0.39 is 0 Å². The summed E-state index contributed by atoms with van der Waals surface area (Å²) in [6.07, 6.45) is 11.1. The average molecular weight is 225 g/mol. The van der Waals surface area contributed by atoms with Gasteiger partial charge in [0.05, 0.1) is 0 Å². The predicted molar refractivity (Wildman–Crippen MR) is 72.4 cm³/mol. The summed E-state index contributed by atoms with van der Waals surface area (Å²) in [5, 5.41) is 0. The Morgan fingerprint density at radius 2 is 1.75 bits per heavy atom. The van der Waals surface area contributed by atoms with E-state index >= 15 is 0 Å². The highest BCUT2D eigenvalue weighted by Gasteiger charge is 2.25. The van der Waals surface area contributed by atoms with E-state index in [9.17, 15) is 0 Å². The minimum Gasteiger partial charge on any atom is -0.327 e. The molecule has 0 aliphatic heterocycles. The second-order valence-electron chi connectivity index (χ2n) is 6.22. The maximum Gasteiger partial charge on any atom is 0.00695 e. The molecule has 2 N–H and O–H groups in total. The molecule has 1 saturated carbocycles. The van der Waals surface area contributed by atoms with Gasteiger partial charge in [0.1, 0.15) is 0 Å². The largest absolute Gasteiger partial charge is 0.327 e. The Kier molecular flexibility index (Phi) is 6.41. The van der Waals surface area contributed by atoms with E-state index in [2.05, 4.69) is 20.8 Å². The molecule has 1 atom stereocenters. The normalized spacial score (nSPS) is 28.3. The molecule has 1 rings (SSSR count). The quantitative estimate of drug-likeness (QED) is 0.714. The average Bonchev–Trinajstić information content (AvgIpc) is 2.26. The molecule has 1 fully saturated rings. The van der Waals surface area contributed by atoms with E-state index in [0.29, 0.717) is 6.04 Å². The van der Waals surface area contributed by atoms with Crippen LogP contribution in [0.5, 0.6) is 0 Å². The van der Waals surface area contributed by atoms with Crippen LogP contribution in [0, 0.1) is 17.8 Å². The van der Waals surface area contributed by atoms with Crippen LogP contribution in [0.2, 0.25) is 0 Å². The first kappa shape index (κ1) is 14.0. The van der Waals surface area contributed by atoms with Crippen molar-refractivity contribution in [3.05, 3.63) is 0 Å². The van der Waals surface area contributed by atoms with Crippen molar-refractivity contribution in [2.45, 2.75) is 78.2 Å². The van der Waals surface area contributed by atoms with Crippen LogP contribution >= 0.6 is 0 Å². The number of rotatable bonds is 6. The van der Waals surface area contributed by atoms with Crippen LogP contribution in [-0.4, -0.2) is 6.04 Å². The minimum atomic E-state index is 0.465. The molecule has 0 radical (unpaired) electrons. The van der Waals surface area contributed by atoms with Crippen LogP contribution in [-0.2, 0) is 0 Å². The maximum atomic E-state index is 6.29. The minimum absolute atomic E-state index is 0.465. The van der Waals surface area contributed by atoms with E-state index in [1.54, 1.807) is 0 Å². The first-order valence-corrected chi connectivity index (χ1v) is 7.39. The van der Waals surface area contributed by atoms with Gasteiger partial charge in [0.2, 0.25) is 0 Å². The van der Waals surface area contributed by atoms with E-state index in [4.69, 9.17) is 5.73 Å². The summed E-state index contributed by atoms with van der Waals surface area (Å²) in [6.45, 7) is 6.86. The molecule has 0 bridgehead atoms. The highest BCUT2D eigenvalue weighted by Crippen LogP contribution is 2.34. The summed E-state index contributed by atoms with van der Waals surface area (Å²) >= 11 is 0. The van der Waals surface area contributed by atoms with Gasteiger partial charge in [-0.2, -0.15) is 0 Å². The first-order valence-electron chi connectivity index (χ1n) is 7.39. The van der Waals surface area contributed by atoms with Crippen molar-refractivity contribution in [2.75, 3.05) is 0 Å². The van der Waals surface area contributed by atoms with Gasteiger partial charge in [-0.05, 0) is 37.0 Å². The molecule has 0 aromatic carbocycles. The molecule has 0 heterocycles. The summed E-state index contributed by atoms with van der Waals surface area (Å²) < 4.78 is 0. The van der Waals surface area contributed by atoms with Gasteiger partial charge >= 0.3 is 0 Å². The van der Waals surface area contributed by atoms with Crippen molar-refractivity contribution in [1.82, 2.24) is 0 Å². The summed E-state index contributed by atoms with van der Waals surface area (Å²) in [7, 11) is 0. The lowest BCUT2D eigenvalue weighted by molar-refractivity contribution is 0.218. The summed E-state index contributed by atoms with van der Waals surface area (Å²) in [6, 6.07) is 0.465. The van der Waals surface area contributed by atoms with Crippen molar-refractivity contribution in [1.29, 1.82) is 0 Å². The second kappa shape index (κ2) is 7.32. The monoisotopic (exact) mass is 225 g/mol.